The average Bonchev–Trinajstić information content (AvgIpc) is 2.91. The normalized spacial score (nSPS) is 23.7. The van der Waals surface area contributed by atoms with Crippen molar-refractivity contribution in [3.8, 4) is 0 Å². The smallest absolute Gasteiger partial charge is 0.255 e. The zero-order chi connectivity index (χ0) is 16.9. The molecule has 24 heavy (non-hydrogen) atoms. The minimum Gasteiger partial charge on any atom is -0.393 e. The van der Waals surface area contributed by atoms with Crippen molar-refractivity contribution in [3.63, 3.8) is 0 Å². The van der Waals surface area contributed by atoms with Gasteiger partial charge in [-0.3, -0.25) is 4.79 Å². The maximum Gasteiger partial charge on any atom is 0.255 e. The van der Waals surface area contributed by atoms with Gasteiger partial charge in [-0.25, -0.2) is 4.98 Å². The maximum atomic E-state index is 12.7. The van der Waals surface area contributed by atoms with Gasteiger partial charge in [0.2, 0.25) is 0 Å². The Balaban J connectivity index is 1.65. The number of carbonyl (C=O) groups excluding carboxylic acids is 1. The Morgan fingerprint density at radius 3 is 2.54 bits per heavy atom. The molecule has 2 fully saturated rings. The van der Waals surface area contributed by atoms with Crippen LogP contribution in [0.1, 0.15) is 55.8 Å². The summed E-state index contributed by atoms with van der Waals surface area (Å²) in [5, 5.41) is 9.80. The topological polar surface area (TPSA) is 56.7 Å². The summed E-state index contributed by atoms with van der Waals surface area (Å²) in [5.74, 6) is 1.20. The quantitative estimate of drug-likeness (QED) is 0.925. The molecule has 1 aromatic rings. The summed E-state index contributed by atoms with van der Waals surface area (Å²) in [6, 6.07) is 3.89. The van der Waals surface area contributed by atoms with E-state index in [0.29, 0.717) is 12.1 Å². The molecule has 5 heteroatoms. The third-order valence-electron chi connectivity index (χ3n) is 5.35. The molecule has 0 spiro atoms. The van der Waals surface area contributed by atoms with E-state index in [1.54, 1.807) is 6.20 Å². The summed E-state index contributed by atoms with van der Waals surface area (Å²) in [6.07, 6.45) is 8.35. The number of amides is 1. The van der Waals surface area contributed by atoms with Crippen LogP contribution in [0.4, 0.5) is 5.82 Å². The van der Waals surface area contributed by atoms with Crippen LogP contribution in [0.3, 0.4) is 0 Å². The lowest BCUT2D eigenvalue weighted by Crippen LogP contribution is -2.43. The molecule has 2 saturated heterocycles. The Morgan fingerprint density at radius 1 is 1.17 bits per heavy atom. The van der Waals surface area contributed by atoms with E-state index >= 15 is 0 Å². The molecule has 1 N–H and O–H groups in total. The zero-order valence-corrected chi connectivity index (χ0v) is 14.7. The number of nitrogens with zero attached hydrogens (tertiary/aromatic N) is 3. The Kier molecular flexibility index (Phi) is 5.72. The molecule has 5 nitrogen and oxygen atoms in total. The SMILES string of the molecule is CC(O)C1CCCN(C(=O)c2ccc(N3CCCCCC3)nc2)C1. The van der Waals surface area contributed by atoms with Gasteiger partial charge in [-0.2, -0.15) is 0 Å². The summed E-state index contributed by atoms with van der Waals surface area (Å²) in [4.78, 5) is 21.4. The number of pyridine rings is 1. The molecule has 0 aliphatic carbocycles. The summed E-state index contributed by atoms with van der Waals surface area (Å²) >= 11 is 0. The number of likely N-dealkylation sites (tertiary alicyclic amines) is 1. The van der Waals surface area contributed by atoms with Crippen LogP contribution >= 0.6 is 0 Å². The predicted octanol–water partition coefficient (Wildman–Crippen LogP) is 2.70. The van der Waals surface area contributed by atoms with Gasteiger partial charge in [-0.1, -0.05) is 12.8 Å². The number of aliphatic hydroxyl groups is 1. The lowest BCUT2D eigenvalue weighted by Gasteiger charge is -2.34. The van der Waals surface area contributed by atoms with Crippen molar-refractivity contribution < 1.29 is 9.90 Å². The zero-order valence-electron chi connectivity index (χ0n) is 14.7. The van der Waals surface area contributed by atoms with Crippen molar-refractivity contribution in [3.05, 3.63) is 23.9 Å². The molecule has 0 aromatic carbocycles. The van der Waals surface area contributed by atoms with Crippen molar-refractivity contribution >= 4 is 11.7 Å². The molecular formula is C19H29N3O2. The maximum absolute atomic E-state index is 12.7. The summed E-state index contributed by atoms with van der Waals surface area (Å²) in [6.45, 7) is 5.35. The van der Waals surface area contributed by atoms with Gasteiger partial charge in [0.1, 0.15) is 5.82 Å². The van der Waals surface area contributed by atoms with Gasteiger partial charge in [0, 0.05) is 38.3 Å². The van der Waals surface area contributed by atoms with Crippen LogP contribution in [-0.2, 0) is 0 Å². The van der Waals surface area contributed by atoms with Crippen molar-refractivity contribution in [2.24, 2.45) is 5.92 Å². The second-order valence-corrected chi connectivity index (χ2v) is 7.20. The van der Waals surface area contributed by atoms with Gasteiger partial charge < -0.3 is 14.9 Å². The molecule has 2 aliphatic heterocycles. The Bertz CT molecular complexity index is 536. The molecule has 2 atom stereocenters. The molecule has 132 valence electrons. The molecule has 2 unspecified atom stereocenters. The standard InChI is InChI=1S/C19H29N3O2/c1-15(23)17-7-6-12-22(14-17)19(24)16-8-9-18(20-13-16)21-10-4-2-3-5-11-21/h8-9,13,15,17,23H,2-7,10-12,14H2,1H3. The fourth-order valence-electron chi connectivity index (χ4n) is 3.77. The first-order valence-electron chi connectivity index (χ1n) is 9.33. The fourth-order valence-corrected chi connectivity index (χ4v) is 3.77. The van der Waals surface area contributed by atoms with Crippen molar-refractivity contribution in [1.29, 1.82) is 0 Å². The van der Waals surface area contributed by atoms with Crippen LogP contribution in [0.5, 0.6) is 0 Å². The van der Waals surface area contributed by atoms with Crippen LogP contribution in [0, 0.1) is 5.92 Å². The minimum atomic E-state index is -0.357. The monoisotopic (exact) mass is 331 g/mol. The predicted molar refractivity (Wildman–Crippen MR) is 95.2 cm³/mol. The van der Waals surface area contributed by atoms with Crippen LogP contribution in [-0.4, -0.2) is 53.2 Å². The van der Waals surface area contributed by atoms with Crippen LogP contribution in [0.2, 0.25) is 0 Å². The second kappa shape index (κ2) is 7.97. The molecule has 3 rings (SSSR count). The molecule has 1 aromatic heterocycles. The number of aliphatic hydroxyl groups excluding tert-OH is 1. The molecule has 2 aliphatic rings. The van der Waals surface area contributed by atoms with E-state index in [1.807, 2.05) is 24.0 Å². The van der Waals surface area contributed by atoms with Crippen molar-refractivity contribution in [1.82, 2.24) is 9.88 Å². The van der Waals surface area contributed by atoms with Crippen molar-refractivity contribution in [2.45, 2.75) is 51.6 Å². The van der Waals surface area contributed by atoms with Crippen LogP contribution in [0.25, 0.3) is 0 Å². The molecule has 0 saturated carbocycles. The third-order valence-corrected chi connectivity index (χ3v) is 5.35. The van der Waals surface area contributed by atoms with Crippen LogP contribution < -0.4 is 4.90 Å². The molecule has 1 amide bonds. The van der Waals surface area contributed by atoms with E-state index in [2.05, 4.69) is 9.88 Å². The number of hydrogen-bond donors (Lipinski definition) is 1. The number of piperidine rings is 1. The molecule has 3 heterocycles. The number of aromatic nitrogens is 1. The average molecular weight is 331 g/mol. The summed E-state index contributed by atoms with van der Waals surface area (Å²) in [5.41, 5.74) is 0.653. The van der Waals surface area contributed by atoms with E-state index in [0.717, 1.165) is 38.3 Å². The van der Waals surface area contributed by atoms with Gasteiger partial charge in [0.15, 0.2) is 0 Å². The lowest BCUT2D eigenvalue weighted by atomic mass is 9.93. The number of hydrogen-bond acceptors (Lipinski definition) is 4. The first-order valence-corrected chi connectivity index (χ1v) is 9.33. The highest BCUT2D eigenvalue weighted by atomic mass is 16.3. The van der Waals surface area contributed by atoms with Gasteiger partial charge in [0.25, 0.3) is 5.91 Å². The summed E-state index contributed by atoms with van der Waals surface area (Å²) < 4.78 is 0. The second-order valence-electron chi connectivity index (χ2n) is 7.20. The number of rotatable bonds is 3. The largest absolute Gasteiger partial charge is 0.393 e. The number of carbonyl (C=O) groups is 1. The van der Waals surface area contributed by atoms with Crippen molar-refractivity contribution in [2.75, 3.05) is 31.1 Å². The van der Waals surface area contributed by atoms with E-state index in [-0.39, 0.29) is 17.9 Å². The molecular weight excluding hydrogens is 302 g/mol. The number of anilines is 1. The van der Waals surface area contributed by atoms with Crippen LogP contribution in [0.15, 0.2) is 18.3 Å². The van der Waals surface area contributed by atoms with E-state index < -0.39 is 0 Å². The van der Waals surface area contributed by atoms with E-state index in [9.17, 15) is 9.90 Å². The van der Waals surface area contributed by atoms with Gasteiger partial charge in [-0.05, 0) is 44.7 Å². The highest BCUT2D eigenvalue weighted by Gasteiger charge is 2.27. The van der Waals surface area contributed by atoms with Gasteiger partial charge in [0.05, 0.1) is 11.7 Å². The van der Waals surface area contributed by atoms with Gasteiger partial charge >= 0.3 is 0 Å². The summed E-state index contributed by atoms with van der Waals surface area (Å²) in [7, 11) is 0. The van der Waals surface area contributed by atoms with E-state index in [1.165, 1.54) is 25.7 Å². The van der Waals surface area contributed by atoms with E-state index in [4.69, 9.17) is 0 Å². The Labute approximate surface area is 144 Å². The first-order chi connectivity index (χ1) is 11.6. The fraction of sp³-hybridized carbons (Fsp3) is 0.684. The minimum absolute atomic E-state index is 0.0373. The highest BCUT2D eigenvalue weighted by Crippen LogP contribution is 2.22. The molecule has 0 radical (unpaired) electrons. The highest BCUT2D eigenvalue weighted by molar-refractivity contribution is 5.94. The Hall–Kier alpha value is -1.62. The third kappa shape index (κ3) is 4.07. The molecule has 0 bridgehead atoms. The Morgan fingerprint density at radius 2 is 1.92 bits per heavy atom. The lowest BCUT2D eigenvalue weighted by molar-refractivity contribution is 0.0466. The first kappa shape index (κ1) is 17.2. The van der Waals surface area contributed by atoms with Gasteiger partial charge in [-0.15, -0.1) is 0 Å².